The first-order valence-corrected chi connectivity index (χ1v) is 4.59. The minimum Gasteiger partial charge on any atom is -0.269 e. The molecule has 0 radical (unpaired) electrons. The smallest absolute Gasteiger partial charge is 0.269 e. The average molecular weight is 239 g/mol. The van der Waals surface area contributed by atoms with E-state index in [-0.39, 0.29) is 5.56 Å². The van der Waals surface area contributed by atoms with Crippen LogP contribution < -0.4 is 0 Å². The van der Waals surface area contributed by atoms with Gasteiger partial charge in [0.1, 0.15) is 0 Å². The number of carbonyl (C=O) groups excluding carboxylic acids is 3. The zero-order valence-electron chi connectivity index (χ0n) is 8.31. The molecule has 0 saturated carbocycles. The average Bonchev–Trinajstić information content (AvgIpc) is 2.28. The fraction of sp³-hybridized carbons (Fsp3) is 0.100. The lowest BCUT2D eigenvalue weighted by Gasteiger charge is -2.11. The molecule has 0 N–H and O–H groups in total. The summed E-state index contributed by atoms with van der Waals surface area (Å²) in [6.07, 6.45) is 1.07. The minimum absolute atomic E-state index is 0.279. The molecule has 0 atom stereocenters. The fourth-order valence-corrected chi connectivity index (χ4v) is 1.11. The summed E-state index contributed by atoms with van der Waals surface area (Å²) in [4.78, 5) is 36.1. The number of benzene rings is 1. The van der Waals surface area contributed by atoms with Gasteiger partial charge in [0.05, 0.1) is 0 Å². The van der Waals surface area contributed by atoms with Gasteiger partial charge >= 0.3 is 6.03 Å². The van der Waals surface area contributed by atoms with E-state index in [1.807, 2.05) is 0 Å². The van der Waals surface area contributed by atoms with Crippen molar-refractivity contribution in [1.29, 1.82) is 0 Å². The van der Waals surface area contributed by atoms with Gasteiger partial charge in [-0.1, -0.05) is 11.6 Å². The molecule has 1 aromatic rings. The maximum atomic E-state index is 11.6. The molecular formula is C10H7ClN2O3. The topological polar surface area (TPSA) is 66.8 Å². The lowest BCUT2D eigenvalue weighted by Crippen LogP contribution is -2.30. The number of aliphatic imine (C=N–C) groups is 1. The van der Waals surface area contributed by atoms with E-state index in [4.69, 9.17) is 11.6 Å². The standard InChI is InChI=1S/C10H7ClN2O3/c1-13(10(16)12-6-14)9(15)7-2-4-8(11)5-3-7/h2-5H,1H3. The van der Waals surface area contributed by atoms with E-state index in [0.717, 1.165) is 6.08 Å². The van der Waals surface area contributed by atoms with E-state index >= 15 is 0 Å². The van der Waals surface area contributed by atoms with Gasteiger partial charge in [-0.25, -0.2) is 9.59 Å². The van der Waals surface area contributed by atoms with Crippen molar-refractivity contribution < 1.29 is 14.4 Å². The first kappa shape index (κ1) is 12.1. The number of nitrogens with zero attached hydrogens (tertiary/aromatic N) is 2. The number of urea groups is 1. The second-order valence-electron chi connectivity index (χ2n) is 2.86. The number of isocyanates is 1. The molecule has 0 unspecified atom stereocenters. The van der Waals surface area contributed by atoms with E-state index in [2.05, 4.69) is 4.99 Å². The monoisotopic (exact) mass is 238 g/mol. The highest BCUT2D eigenvalue weighted by Crippen LogP contribution is 2.11. The molecule has 0 fully saturated rings. The predicted molar refractivity (Wildman–Crippen MR) is 57.1 cm³/mol. The lowest BCUT2D eigenvalue weighted by atomic mass is 10.2. The number of amides is 3. The molecule has 0 aliphatic heterocycles. The summed E-state index contributed by atoms with van der Waals surface area (Å²) in [7, 11) is 1.22. The Bertz CT molecular complexity index is 463. The van der Waals surface area contributed by atoms with Gasteiger partial charge in [-0.3, -0.25) is 9.69 Å². The van der Waals surface area contributed by atoms with Gasteiger partial charge in [0.25, 0.3) is 5.91 Å². The second-order valence-corrected chi connectivity index (χ2v) is 3.29. The molecule has 0 spiro atoms. The Morgan fingerprint density at radius 1 is 1.31 bits per heavy atom. The number of hydrogen-bond acceptors (Lipinski definition) is 3. The largest absolute Gasteiger partial charge is 0.361 e. The summed E-state index contributed by atoms with van der Waals surface area (Å²) >= 11 is 5.65. The van der Waals surface area contributed by atoms with Gasteiger partial charge in [0.15, 0.2) is 0 Å². The van der Waals surface area contributed by atoms with Crippen LogP contribution in [0.15, 0.2) is 29.3 Å². The molecule has 16 heavy (non-hydrogen) atoms. The maximum Gasteiger partial charge on any atom is 0.361 e. The van der Waals surface area contributed by atoms with Crippen molar-refractivity contribution in [3.05, 3.63) is 34.9 Å². The van der Waals surface area contributed by atoms with Gasteiger partial charge in [0, 0.05) is 17.6 Å². The Balaban J connectivity index is 2.90. The molecule has 0 bridgehead atoms. The Kier molecular flexibility index (Phi) is 3.94. The predicted octanol–water partition coefficient (Wildman–Crippen LogP) is 1.87. The third kappa shape index (κ3) is 2.76. The Labute approximate surface area is 96.3 Å². The third-order valence-corrected chi connectivity index (χ3v) is 2.08. The summed E-state index contributed by atoms with van der Waals surface area (Å²) in [6.45, 7) is 0. The van der Waals surface area contributed by atoms with Crippen molar-refractivity contribution in [2.75, 3.05) is 7.05 Å². The lowest BCUT2D eigenvalue weighted by molar-refractivity contribution is 0.0838. The summed E-state index contributed by atoms with van der Waals surface area (Å²) < 4.78 is 0. The Hall–Kier alpha value is -1.97. The highest BCUT2D eigenvalue weighted by molar-refractivity contribution is 6.30. The van der Waals surface area contributed by atoms with Crippen LogP contribution in [0.4, 0.5) is 4.79 Å². The molecule has 82 valence electrons. The molecule has 0 aliphatic rings. The van der Waals surface area contributed by atoms with Crippen LogP contribution in [0.2, 0.25) is 5.02 Å². The van der Waals surface area contributed by atoms with Crippen LogP contribution in [0.25, 0.3) is 0 Å². The first-order valence-electron chi connectivity index (χ1n) is 4.21. The van der Waals surface area contributed by atoms with E-state index in [1.165, 1.54) is 31.3 Å². The molecule has 0 aromatic heterocycles. The Morgan fingerprint density at radius 3 is 2.38 bits per heavy atom. The summed E-state index contributed by atoms with van der Waals surface area (Å²) in [6, 6.07) is 5.03. The van der Waals surface area contributed by atoms with Crippen LogP contribution in [-0.4, -0.2) is 30.0 Å². The van der Waals surface area contributed by atoms with E-state index < -0.39 is 11.9 Å². The van der Waals surface area contributed by atoms with Crippen LogP contribution in [-0.2, 0) is 4.79 Å². The SMILES string of the molecule is CN(C(=O)N=C=O)C(=O)c1ccc(Cl)cc1. The highest BCUT2D eigenvalue weighted by atomic mass is 35.5. The summed E-state index contributed by atoms with van der Waals surface area (Å²) in [5, 5.41) is 0.483. The minimum atomic E-state index is -0.963. The van der Waals surface area contributed by atoms with Crippen molar-refractivity contribution >= 4 is 29.6 Å². The van der Waals surface area contributed by atoms with Crippen molar-refractivity contribution in [2.45, 2.75) is 0 Å². The zero-order valence-corrected chi connectivity index (χ0v) is 9.06. The third-order valence-electron chi connectivity index (χ3n) is 1.82. The van der Waals surface area contributed by atoms with Gasteiger partial charge in [-0.15, -0.1) is 4.99 Å². The molecule has 3 amide bonds. The number of hydrogen-bond donors (Lipinski definition) is 0. The molecule has 1 aromatic carbocycles. The van der Waals surface area contributed by atoms with Gasteiger partial charge in [0.2, 0.25) is 6.08 Å². The quantitative estimate of drug-likeness (QED) is 0.554. The highest BCUT2D eigenvalue weighted by Gasteiger charge is 2.17. The summed E-state index contributed by atoms with van der Waals surface area (Å²) in [5.74, 6) is -0.569. The fourth-order valence-electron chi connectivity index (χ4n) is 0.987. The molecule has 1 rings (SSSR count). The second kappa shape index (κ2) is 5.21. The van der Waals surface area contributed by atoms with Crippen molar-refractivity contribution in [3.8, 4) is 0 Å². The van der Waals surface area contributed by atoms with E-state index in [9.17, 15) is 14.4 Å². The molecular weight excluding hydrogens is 232 g/mol. The normalized spacial score (nSPS) is 9.12. The zero-order chi connectivity index (χ0) is 12.1. The number of imide groups is 1. The molecule has 6 heteroatoms. The van der Waals surface area contributed by atoms with Crippen LogP contribution in [0, 0.1) is 0 Å². The summed E-state index contributed by atoms with van der Waals surface area (Å²) in [5.41, 5.74) is 0.279. The van der Waals surface area contributed by atoms with Crippen molar-refractivity contribution in [2.24, 2.45) is 4.99 Å². The van der Waals surface area contributed by atoms with E-state index in [1.54, 1.807) is 0 Å². The maximum absolute atomic E-state index is 11.6. The van der Waals surface area contributed by atoms with Crippen LogP contribution in [0.5, 0.6) is 0 Å². The van der Waals surface area contributed by atoms with Crippen LogP contribution >= 0.6 is 11.6 Å². The number of rotatable bonds is 1. The number of carbonyl (C=O) groups is 2. The molecule has 0 saturated heterocycles. The van der Waals surface area contributed by atoms with Gasteiger partial charge in [-0.05, 0) is 24.3 Å². The van der Waals surface area contributed by atoms with E-state index in [0.29, 0.717) is 9.92 Å². The van der Waals surface area contributed by atoms with Crippen LogP contribution in [0.3, 0.4) is 0 Å². The number of halogens is 1. The molecule has 0 aliphatic carbocycles. The van der Waals surface area contributed by atoms with Crippen molar-refractivity contribution in [3.63, 3.8) is 0 Å². The van der Waals surface area contributed by atoms with Crippen LogP contribution in [0.1, 0.15) is 10.4 Å². The first-order chi connectivity index (χ1) is 7.56. The molecule has 0 heterocycles. The van der Waals surface area contributed by atoms with Gasteiger partial charge < -0.3 is 0 Å². The van der Waals surface area contributed by atoms with Crippen molar-refractivity contribution in [1.82, 2.24) is 4.90 Å². The van der Waals surface area contributed by atoms with Gasteiger partial charge in [-0.2, -0.15) is 0 Å². The Morgan fingerprint density at radius 2 is 1.88 bits per heavy atom. The molecule has 5 nitrogen and oxygen atoms in total.